The number of piperidine rings is 1. The lowest BCUT2D eigenvalue weighted by molar-refractivity contribution is -0.137. The van der Waals surface area contributed by atoms with Crippen molar-refractivity contribution in [3.05, 3.63) is 77.1 Å². The number of rotatable bonds is 4. The second-order valence-corrected chi connectivity index (χ2v) is 9.93. The van der Waals surface area contributed by atoms with Gasteiger partial charge in [-0.1, -0.05) is 13.8 Å². The molecule has 2 aromatic heterocycles. The lowest BCUT2D eigenvalue weighted by Gasteiger charge is -2.47. The van der Waals surface area contributed by atoms with E-state index in [0.29, 0.717) is 32.0 Å². The van der Waals surface area contributed by atoms with Crippen molar-refractivity contribution in [2.75, 3.05) is 32.5 Å². The lowest BCUT2D eigenvalue weighted by atomic mass is 9.94. The van der Waals surface area contributed by atoms with Gasteiger partial charge in [0.05, 0.1) is 23.0 Å². The van der Waals surface area contributed by atoms with Crippen molar-refractivity contribution in [1.82, 2.24) is 35.0 Å². The minimum atomic E-state index is -4.80. The van der Waals surface area contributed by atoms with Gasteiger partial charge in [-0.15, -0.1) is 0 Å². The van der Waals surface area contributed by atoms with Gasteiger partial charge in [-0.3, -0.25) is 14.6 Å². The quantitative estimate of drug-likeness (QED) is 0.418. The average Bonchev–Trinajstić information content (AvgIpc) is 3.39. The number of nitrogens with one attached hydrogen (secondary N) is 2. The number of amides is 2. The molecule has 41 heavy (non-hydrogen) atoms. The van der Waals surface area contributed by atoms with Gasteiger partial charge in [-0.2, -0.15) is 18.3 Å². The lowest BCUT2D eigenvalue weighted by Crippen LogP contribution is -2.55. The number of aryl methyl sites for hydroxylation is 1. The first-order chi connectivity index (χ1) is 19.5. The molecule has 4 heterocycles. The van der Waals surface area contributed by atoms with Crippen LogP contribution >= 0.6 is 0 Å². The maximum absolute atomic E-state index is 13.4. The van der Waals surface area contributed by atoms with Crippen molar-refractivity contribution < 1.29 is 22.4 Å². The van der Waals surface area contributed by atoms with Crippen LogP contribution in [0, 0.1) is 5.82 Å². The van der Waals surface area contributed by atoms with Crippen LogP contribution in [-0.2, 0) is 13.2 Å². The van der Waals surface area contributed by atoms with Gasteiger partial charge >= 0.3 is 12.2 Å². The van der Waals surface area contributed by atoms with E-state index in [2.05, 4.69) is 30.7 Å². The molecule has 2 N–H and O–H groups in total. The Labute approximate surface area is 237 Å². The third kappa shape index (κ3) is 6.36. The molecule has 0 aliphatic carbocycles. The first kappa shape index (κ1) is 30.4. The van der Waals surface area contributed by atoms with E-state index in [1.165, 1.54) is 4.90 Å². The summed E-state index contributed by atoms with van der Waals surface area (Å²) < 4.78 is 55.4. The van der Waals surface area contributed by atoms with Crippen LogP contribution in [-0.4, -0.2) is 68.8 Å². The third-order valence-corrected chi connectivity index (χ3v) is 7.57. The molecule has 9 nitrogen and oxygen atoms in total. The monoisotopic (exact) mass is 576 g/mol. The number of benzene rings is 1. The Morgan fingerprint density at radius 2 is 1.78 bits per heavy atom. The molecular weight excluding hydrogens is 540 g/mol. The average molecular weight is 577 g/mol. The highest BCUT2D eigenvalue weighted by atomic mass is 19.4. The SMILES string of the molecule is CC.CN1NC(c2ccnn2C)c2ccncc2C1N1CCC(N(C)C(=O)Nc2ccc(F)cc2C(F)(F)F)CC1. The van der Waals surface area contributed by atoms with E-state index >= 15 is 0 Å². The molecule has 0 saturated carbocycles. The molecule has 2 aliphatic heterocycles. The molecule has 0 bridgehead atoms. The summed E-state index contributed by atoms with van der Waals surface area (Å²) in [6.07, 6.45) is 1.79. The number of fused-ring (bicyclic) bond motifs is 1. The molecule has 2 unspecified atom stereocenters. The molecule has 2 amide bonds. The predicted octanol–water partition coefficient (Wildman–Crippen LogP) is 5.17. The fourth-order valence-corrected chi connectivity index (χ4v) is 5.53. The number of urea groups is 1. The van der Waals surface area contributed by atoms with Crippen LogP contribution in [0.15, 0.2) is 48.9 Å². The Hall–Kier alpha value is -3.55. The van der Waals surface area contributed by atoms with Crippen molar-refractivity contribution in [3.63, 3.8) is 0 Å². The molecule has 0 radical (unpaired) electrons. The molecule has 3 aromatic rings. The molecule has 2 atom stereocenters. The summed E-state index contributed by atoms with van der Waals surface area (Å²) in [6.45, 7) is 5.32. The van der Waals surface area contributed by atoms with Crippen molar-refractivity contribution in [2.24, 2.45) is 7.05 Å². The molecule has 1 aromatic carbocycles. The van der Waals surface area contributed by atoms with E-state index in [1.807, 2.05) is 51.0 Å². The van der Waals surface area contributed by atoms with E-state index in [1.54, 1.807) is 19.4 Å². The number of carbonyl (C=O) groups is 1. The smallest absolute Gasteiger partial charge is 0.325 e. The maximum atomic E-state index is 13.4. The largest absolute Gasteiger partial charge is 0.418 e. The first-order valence-electron chi connectivity index (χ1n) is 13.6. The summed E-state index contributed by atoms with van der Waals surface area (Å²) in [4.78, 5) is 21.0. The van der Waals surface area contributed by atoms with Gasteiger partial charge in [0.15, 0.2) is 0 Å². The van der Waals surface area contributed by atoms with Gasteiger partial charge in [0, 0.05) is 64.4 Å². The van der Waals surface area contributed by atoms with Crippen LogP contribution < -0.4 is 10.7 Å². The Bertz CT molecular complexity index is 1340. The van der Waals surface area contributed by atoms with E-state index in [4.69, 9.17) is 0 Å². The number of alkyl halides is 3. The Morgan fingerprint density at radius 1 is 1.07 bits per heavy atom. The van der Waals surface area contributed by atoms with E-state index < -0.39 is 29.3 Å². The highest BCUT2D eigenvalue weighted by Crippen LogP contribution is 2.38. The minimum Gasteiger partial charge on any atom is -0.325 e. The summed E-state index contributed by atoms with van der Waals surface area (Å²) >= 11 is 0. The Balaban J connectivity index is 0.00000189. The number of hydrogen-bond donors (Lipinski definition) is 2. The zero-order chi connectivity index (χ0) is 29.9. The van der Waals surface area contributed by atoms with Crippen LogP contribution in [0.4, 0.5) is 28.0 Å². The van der Waals surface area contributed by atoms with E-state index in [9.17, 15) is 22.4 Å². The standard InChI is InChI=1S/C26H30F4N8O.C2H6/c1-35(25(39)33-21-5-4-16(27)14-20(21)26(28,29)30)17-8-12-38(13-9-17)24-19-15-31-10-6-18(19)23(34-37(24)3)22-7-11-32-36(22)2;1-2/h4-7,10-11,14-15,17,23-24,34H,8-9,12-13H2,1-3H3,(H,33,39);1-2H3. The normalized spacial score (nSPS) is 20.1. The Kier molecular flexibility index (Phi) is 9.30. The number of pyridine rings is 1. The van der Waals surface area contributed by atoms with Gasteiger partial charge in [0.25, 0.3) is 0 Å². The summed E-state index contributed by atoms with van der Waals surface area (Å²) in [5.41, 5.74) is 5.09. The fraction of sp³-hybridized carbons (Fsp3) is 0.464. The number of carbonyl (C=O) groups excluding carboxylic acids is 1. The van der Waals surface area contributed by atoms with Gasteiger partial charge in [-0.05, 0) is 48.7 Å². The molecule has 13 heteroatoms. The van der Waals surface area contributed by atoms with Gasteiger partial charge in [0.2, 0.25) is 0 Å². The van der Waals surface area contributed by atoms with E-state index in [-0.39, 0.29) is 18.2 Å². The van der Waals surface area contributed by atoms with E-state index in [0.717, 1.165) is 29.0 Å². The molecule has 5 rings (SSSR count). The van der Waals surface area contributed by atoms with Crippen molar-refractivity contribution in [1.29, 1.82) is 0 Å². The molecule has 222 valence electrons. The summed E-state index contributed by atoms with van der Waals surface area (Å²) in [5.74, 6) is -1.02. The van der Waals surface area contributed by atoms with Crippen molar-refractivity contribution in [3.8, 4) is 0 Å². The van der Waals surface area contributed by atoms with Gasteiger partial charge in [-0.25, -0.2) is 19.6 Å². The van der Waals surface area contributed by atoms with Crippen LogP contribution in [0.1, 0.15) is 61.3 Å². The summed E-state index contributed by atoms with van der Waals surface area (Å²) in [5, 5.41) is 8.68. The van der Waals surface area contributed by atoms with Crippen LogP contribution in [0.3, 0.4) is 0 Å². The molecular formula is C28H36F4N8O. The predicted molar refractivity (Wildman–Crippen MR) is 147 cm³/mol. The minimum absolute atomic E-state index is 0.0860. The topological polar surface area (TPSA) is 81.6 Å². The number of likely N-dealkylation sites (tertiary alicyclic amines) is 1. The van der Waals surface area contributed by atoms with Crippen LogP contribution in [0.5, 0.6) is 0 Å². The number of hydrogen-bond acceptors (Lipinski definition) is 6. The fourth-order valence-electron chi connectivity index (χ4n) is 5.53. The molecule has 1 saturated heterocycles. The number of hydrazine groups is 1. The zero-order valence-electron chi connectivity index (χ0n) is 23.8. The highest BCUT2D eigenvalue weighted by molar-refractivity contribution is 5.90. The van der Waals surface area contributed by atoms with Gasteiger partial charge in [0.1, 0.15) is 12.0 Å². The zero-order valence-corrected chi connectivity index (χ0v) is 23.8. The molecule has 1 fully saturated rings. The second kappa shape index (κ2) is 12.5. The number of aromatic nitrogens is 3. The maximum Gasteiger partial charge on any atom is 0.418 e. The van der Waals surface area contributed by atoms with Crippen LogP contribution in [0.25, 0.3) is 0 Å². The van der Waals surface area contributed by atoms with Crippen molar-refractivity contribution in [2.45, 2.75) is 51.1 Å². The second-order valence-electron chi connectivity index (χ2n) is 9.93. The number of nitrogens with zero attached hydrogens (tertiary/aromatic N) is 6. The van der Waals surface area contributed by atoms with Crippen LogP contribution in [0.2, 0.25) is 0 Å². The summed E-state index contributed by atoms with van der Waals surface area (Å²) in [6, 6.07) is 5.27. The Morgan fingerprint density at radius 3 is 2.41 bits per heavy atom. The highest BCUT2D eigenvalue weighted by Gasteiger charge is 2.39. The summed E-state index contributed by atoms with van der Waals surface area (Å²) in [7, 11) is 5.45. The number of halogens is 4. The first-order valence-corrected chi connectivity index (χ1v) is 13.6. The molecule has 0 spiro atoms. The van der Waals surface area contributed by atoms with Crippen molar-refractivity contribution >= 4 is 11.7 Å². The number of anilines is 1. The third-order valence-electron chi connectivity index (χ3n) is 7.57. The molecule has 2 aliphatic rings. The van der Waals surface area contributed by atoms with Gasteiger partial charge < -0.3 is 10.2 Å².